The van der Waals surface area contributed by atoms with E-state index in [9.17, 15) is 28.3 Å². The highest BCUT2D eigenvalue weighted by molar-refractivity contribution is 6.00. The molecule has 12 heteroatoms. The molecule has 2 atom stereocenters. The summed E-state index contributed by atoms with van der Waals surface area (Å²) in [5.74, 6) is -3.43. The maximum atomic E-state index is 14.3. The van der Waals surface area contributed by atoms with Gasteiger partial charge in [-0.05, 0) is 30.7 Å². The molecule has 0 fully saturated rings. The number of amides is 2. The number of aliphatic hydroxyl groups is 1. The van der Waals surface area contributed by atoms with Crippen molar-refractivity contribution in [1.29, 1.82) is 0 Å². The minimum absolute atomic E-state index is 0.00602. The Morgan fingerprint density at radius 2 is 1.97 bits per heavy atom. The number of ether oxygens (including phenoxy) is 3. The van der Waals surface area contributed by atoms with Crippen molar-refractivity contribution in [1.82, 2.24) is 15.2 Å². The molecule has 3 N–H and O–H groups in total. The van der Waals surface area contributed by atoms with Crippen molar-refractivity contribution in [3.63, 3.8) is 0 Å². The normalized spacial score (nSPS) is 16.4. The number of rotatable bonds is 6. The Bertz CT molecular complexity index is 1460. The first-order valence-corrected chi connectivity index (χ1v) is 11.1. The maximum Gasteiger partial charge on any atom is 0.257 e. The maximum absolute atomic E-state index is 14.3. The van der Waals surface area contributed by atoms with Crippen molar-refractivity contribution in [2.45, 2.75) is 25.6 Å². The molecule has 2 aliphatic rings. The predicted molar refractivity (Wildman–Crippen MR) is 121 cm³/mol. The van der Waals surface area contributed by atoms with Gasteiger partial charge in [-0.25, -0.2) is 4.39 Å². The molecule has 0 spiro atoms. The molecule has 2 aliphatic heterocycles. The van der Waals surface area contributed by atoms with Crippen LogP contribution in [0, 0.1) is 11.6 Å². The van der Waals surface area contributed by atoms with Gasteiger partial charge >= 0.3 is 0 Å². The lowest BCUT2D eigenvalue weighted by Gasteiger charge is -2.27. The van der Waals surface area contributed by atoms with Crippen LogP contribution in [0.4, 0.5) is 8.78 Å². The summed E-state index contributed by atoms with van der Waals surface area (Å²) in [5.41, 5.74) is -0.526. The summed E-state index contributed by atoms with van der Waals surface area (Å²) in [6, 6.07) is 4.06. The highest BCUT2D eigenvalue weighted by Gasteiger charge is 2.29. The number of carbonyl (C=O) groups is 2. The summed E-state index contributed by atoms with van der Waals surface area (Å²) in [4.78, 5) is 38.6. The van der Waals surface area contributed by atoms with Gasteiger partial charge in [-0.2, -0.15) is 4.39 Å². The van der Waals surface area contributed by atoms with E-state index in [1.54, 1.807) is 25.1 Å². The topological polar surface area (TPSA) is 128 Å². The van der Waals surface area contributed by atoms with Gasteiger partial charge in [-0.15, -0.1) is 0 Å². The first kappa shape index (κ1) is 23.5. The summed E-state index contributed by atoms with van der Waals surface area (Å²) in [6.07, 6.45) is 1.22. The van der Waals surface area contributed by atoms with E-state index < -0.39 is 58.9 Å². The summed E-state index contributed by atoms with van der Waals surface area (Å²) in [7, 11) is 0. The standard InChI is InChI=1S/C24H21F2N3O7/c1-11-9-34-22-19(26)15(25)5-13-20(22)29(11)7-14(21(13)31)23(32)28-16(8-30)24(33)27-6-12-2-3-17-18(4-12)36-10-35-17/h2-5,7,11,16,30H,6,8-10H2,1H3,(H,27,33)(H,28,32). The van der Waals surface area contributed by atoms with Crippen LogP contribution in [0.15, 0.2) is 35.3 Å². The van der Waals surface area contributed by atoms with Crippen molar-refractivity contribution in [2.75, 3.05) is 20.0 Å². The van der Waals surface area contributed by atoms with Crippen molar-refractivity contribution in [2.24, 2.45) is 0 Å². The van der Waals surface area contributed by atoms with Gasteiger partial charge in [-0.1, -0.05) is 6.07 Å². The largest absolute Gasteiger partial charge is 0.486 e. The van der Waals surface area contributed by atoms with Gasteiger partial charge in [0.25, 0.3) is 5.91 Å². The third-order valence-corrected chi connectivity index (χ3v) is 6.06. The smallest absolute Gasteiger partial charge is 0.257 e. The second-order valence-corrected chi connectivity index (χ2v) is 8.45. The second-order valence-electron chi connectivity index (χ2n) is 8.45. The summed E-state index contributed by atoms with van der Waals surface area (Å²) >= 11 is 0. The first-order valence-electron chi connectivity index (χ1n) is 11.1. The number of hydrogen-bond acceptors (Lipinski definition) is 7. The van der Waals surface area contributed by atoms with E-state index in [1.165, 1.54) is 10.8 Å². The number of benzene rings is 2. The quantitative estimate of drug-likeness (QED) is 0.466. The number of hydrogen-bond donors (Lipinski definition) is 3. The first-order chi connectivity index (χ1) is 17.3. The van der Waals surface area contributed by atoms with Crippen molar-refractivity contribution >= 4 is 22.7 Å². The van der Waals surface area contributed by atoms with Gasteiger partial charge in [0.15, 0.2) is 23.1 Å². The van der Waals surface area contributed by atoms with Gasteiger partial charge in [-0.3, -0.25) is 14.4 Å². The molecule has 0 aliphatic carbocycles. The third kappa shape index (κ3) is 3.98. The number of aromatic nitrogens is 1. The van der Waals surface area contributed by atoms with E-state index in [-0.39, 0.29) is 30.8 Å². The van der Waals surface area contributed by atoms with E-state index >= 15 is 0 Å². The van der Waals surface area contributed by atoms with E-state index in [2.05, 4.69) is 10.6 Å². The fourth-order valence-electron chi connectivity index (χ4n) is 4.15. The molecule has 0 bridgehead atoms. The molecular weight excluding hydrogens is 480 g/mol. The lowest BCUT2D eigenvalue weighted by atomic mass is 10.1. The number of aliphatic hydroxyl groups excluding tert-OH is 1. The molecular formula is C24H21F2N3O7. The molecule has 3 aromatic rings. The Morgan fingerprint density at radius 3 is 2.75 bits per heavy atom. The fourth-order valence-corrected chi connectivity index (χ4v) is 4.15. The van der Waals surface area contributed by atoms with E-state index in [0.717, 1.165) is 0 Å². The highest BCUT2D eigenvalue weighted by atomic mass is 19.2. The number of pyridine rings is 1. The van der Waals surface area contributed by atoms with Crippen LogP contribution in [0.25, 0.3) is 10.9 Å². The summed E-state index contributed by atoms with van der Waals surface area (Å²) in [5, 5.41) is 14.4. The zero-order valence-corrected chi connectivity index (χ0v) is 19.0. The Hall–Kier alpha value is -4.19. The van der Waals surface area contributed by atoms with Crippen LogP contribution in [0.3, 0.4) is 0 Å². The average Bonchev–Trinajstić information content (AvgIpc) is 3.34. The minimum Gasteiger partial charge on any atom is -0.486 e. The molecule has 36 heavy (non-hydrogen) atoms. The van der Waals surface area contributed by atoms with Crippen molar-refractivity contribution < 1.29 is 37.7 Å². The molecule has 3 heterocycles. The molecule has 2 unspecified atom stereocenters. The second kappa shape index (κ2) is 9.11. The molecule has 2 aromatic carbocycles. The fraction of sp³-hybridized carbons (Fsp3) is 0.292. The van der Waals surface area contributed by atoms with Gasteiger partial charge < -0.3 is 34.5 Å². The number of halogens is 2. The average molecular weight is 501 g/mol. The Labute approximate surface area is 202 Å². The van der Waals surface area contributed by atoms with Crippen LogP contribution in [-0.4, -0.2) is 47.5 Å². The highest BCUT2D eigenvalue weighted by Crippen LogP contribution is 2.35. The van der Waals surface area contributed by atoms with Gasteiger partial charge in [0.1, 0.15) is 18.2 Å². The number of nitrogens with one attached hydrogen (secondary N) is 2. The van der Waals surface area contributed by atoms with Crippen molar-refractivity contribution in [3.8, 4) is 17.2 Å². The molecule has 0 saturated heterocycles. The number of nitrogens with zero attached hydrogens (tertiary/aromatic N) is 1. The Kier molecular flexibility index (Phi) is 5.96. The third-order valence-electron chi connectivity index (χ3n) is 6.06. The van der Waals surface area contributed by atoms with Gasteiger partial charge in [0.05, 0.1) is 23.6 Å². The zero-order valence-electron chi connectivity index (χ0n) is 19.0. The lowest BCUT2D eigenvalue weighted by Crippen LogP contribution is -2.49. The van der Waals surface area contributed by atoms with E-state index in [1.807, 2.05) is 0 Å². The van der Waals surface area contributed by atoms with E-state index in [0.29, 0.717) is 23.1 Å². The van der Waals surface area contributed by atoms with Crippen LogP contribution >= 0.6 is 0 Å². The molecule has 10 nitrogen and oxygen atoms in total. The number of fused-ring (bicyclic) bond motifs is 1. The van der Waals surface area contributed by atoms with Crippen LogP contribution in [-0.2, 0) is 11.3 Å². The molecule has 2 amide bonds. The molecule has 5 rings (SSSR count). The molecule has 0 radical (unpaired) electrons. The van der Waals surface area contributed by atoms with Crippen molar-refractivity contribution in [3.05, 3.63) is 63.4 Å². The van der Waals surface area contributed by atoms with Crippen LogP contribution in [0.5, 0.6) is 17.2 Å². The van der Waals surface area contributed by atoms with Gasteiger partial charge in [0.2, 0.25) is 23.9 Å². The summed E-state index contributed by atoms with van der Waals surface area (Å²) in [6.45, 7) is 1.16. The monoisotopic (exact) mass is 501 g/mol. The van der Waals surface area contributed by atoms with Crippen LogP contribution < -0.4 is 30.3 Å². The molecule has 188 valence electrons. The van der Waals surface area contributed by atoms with E-state index in [4.69, 9.17) is 14.2 Å². The Balaban J connectivity index is 1.37. The Morgan fingerprint density at radius 1 is 1.19 bits per heavy atom. The number of carbonyl (C=O) groups excluding carboxylic acids is 2. The molecule has 1 aromatic heterocycles. The molecule has 0 saturated carbocycles. The van der Waals surface area contributed by atoms with Crippen LogP contribution in [0.2, 0.25) is 0 Å². The van der Waals surface area contributed by atoms with Gasteiger partial charge in [0, 0.05) is 12.7 Å². The SMILES string of the molecule is CC1COc2c(F)c(F)cc3c(=O)c(C(=O)NC(CO)C(=O)NCc4ccc5c(c4)OCO5)cn1c23. The predicted octanol–water partition coefficient (Wildman–Crippen LogP) is 1.37. The lowest BCUT2D eigenvalue weighted by molar-refractivity contribution is -0.124. The minimum atomic E-state index is -1.37. The van der Waals surface area contributed by atoms with Crippen LogP contribution in [0.1, 0.15) is 28.9 Å². The summed E-state index contributed by atoms with van der Waals surface area (Å²) < 4.78 is 45.7. The zero-order chi connectivity index (χ0) is 25.6.